The molecule has 1 amide bonds. The van der Waals surface area contributed by atoms with Crippen molar-refractivity contribution in [2.24, 2.45) is 0 Å². The largest absolute Gasteiger partial charge is 0.348 e. The van der Waals surface area contributed by atoms with Crippen molar-refractivity contribution < 1.29 is 13.2 Å². The molecule has 0 unspecified atom stereocenters. The van der Waals surface area contributed by atoms with E-state index in [1.54, 1.807) is 30.3 Å². The fraction of sp³-hybridized carbons (Fsp3) is 0.174. The number of aryl methyl sites for hydroxylation is 2. The zero-order valence-electron chi connectivity index (χ0n) is 17.0. The van der Waals surface area contributed by atoms with Crippen LogP contribution >= 0.6 is 11.6 Å². The summed E-state index contributed by atoms with van der Waals surface area (Å²) in [4.78, 5) is 12.7. The highest BCUT2D eigenvalue weighted by atomic mass is 35.5. The Morgan fingerprint density at radius 2 is 1.50 bits per heavy atom. The van der Waals surface area contributed by atoms with Gasteiger partial charge in [-0.15, -0.1) is 0 Å². The van der Waals surface area contributed by atoms with Crippen LogP contribution in [0, 0.1) is 13.8 Å². The number of rotatable bonds is 6. The molecule has 0 atom stereocenters. The van der Waals surface area contributed by atoms with Gasteiger partial charge >= 0.3 is 0 Å². The van der Waals surface area contributed by atoms with Gasteiger partial charge in [0.2, 0.25) is 0 Å². The molecular weight excluding hydrogens is 420 g/mol. The first-order valence-electron chi connectivity index (χ1n) is 9.37. The number of nitrogens with zero attached hydrogens (tertiary/aromatic N) is 1. The molecule has 0 radical (unpaired) electrons. The molecule has 3 rings (SSSR count). The highest BCUT2D eigenvalue weighted by molar-refractivity contribution is 7.92. The summed E-state index contributed by atoms with van der Waals surface area (Å²) in [6, 6.07) is 19.1. The van der Waals surface area contributed by atoms with Crippen LogP contribution in [0.25, 0.3) is 0 Å². The van der Waals surface area contributed by atoms with E-state index in [9.17, 15) is 13.2 Å². The quantitative estimate of drug-likeness (QED) is 0.601. The van der Waals surface area contributed by atoms with Crippen molar-refractivity contribution >= 4 is 33.2 Å². The third-order valence-electron chi connectivity index (χ3n) is 4.81. The molecule has 3 aromatic rings. The first kappa shape index (κ1) is 21.9. The number of carbonyl (C=O) groups excluding carboxylic acids is 1. The molecular formula is C23H23ClN2O3S. The second-order valence-corrected chi connectivity index (χ2v) is 9.49. The number of carbonyl (C=O) groups is 1. The number of anilines is 1. The maximum absolute atomic E-state index is 12.9. The normalized spacial score (nSPS) is 11.2. The van der Waals surface area contributed by atoms with Gasteiger partial charge in [0.15, 0.2) is 0 Å². The van der Waals surface area contributed by atoms with Crippen molar-refractivity contribution in [3.63, 3.8) is 0 Å². The Balaban J connectivity index is 1.76. The van der Waals surface area contributed by atoms with Gasteiger partial charge in [-0.05, 0) is 49.7 Å². The predicted octanol–water partition coefficient (Wildman–Crippen LogP) is 4.71. The third-order valence-corrected chi connectivity index (χ3v) is 6.93. The smallest absolute Gasteiger partial charge is 0.264 e. The predicted molar refractivity (Wildman–Crippen MR) is 121 cm³/mol. The summed E-state index contributed by atoms with van der Waals surface area (Å²) in [5, 5.41) is 3.01. The molecule has 0 aliphatic rings. The number of benzene rings is 3. The molecule has 0 spiro atoms. The molecule has 0 fully saturated rings. The number of nitrogens with one attached hydrogen (secondary N) is 1. The van der Waals surface area contributed by atoms with Crippen molar-refractivity contribution in [1.29, 1.82) is 0 Å². The molecule has 3 aromatic carbocycles. The number of hydrogen-bond acceptors (Lipinski definition) is 3. The maximum Gasteiger partial charge on any atom is 0.264 e. The minimum absolute atomic E-state index is 0.180. The number of hydrogen-bond donors (Lipinski definition) is 1. The lowest BCUT2D eigenvalue weighted by Gasteiger charge is -2.20. The van der Waals surface area contributed by atoms with Crippen molar-refractivity contribution in [3.05, 3.63) is 94.0 Å². The minimum atomic E-state index is -3.73. The SMILES string of the molecule is Cc1ccc(CNC(=O)c2ccc(N(C)S(=O)(=O)c3ccc(C)cc3)cc2Cl)cc1. The van der Waals surface area contributed by atoms with Crippen molar-refractivity contribution in [1.82, 2.24) is 5.32 Å². The van der Waals surface area contributed by atoms with E-state index in [4.69, 9.17) is 11.6 Å². The lowest BCUT2D eigenvalue weighted by molar-refractivity contribution is 0.0951. The highest BCUT2D eigenvalue weighted by Gasteiger charge is 2.22. The van der Waals surface area contributed by atoms with Crippen LogP contribution in [0.4, 0.5) is 5.69 Å². The molecule has 156 valence electrons. The van der Waals surface area contributed by atoms with Gasteiger partial charge in [0, 0.05) is 13.6 Å². The van der Waals surface area contributed by atoms with E-state index in [1.807, 2.05) is 38.1 Å². The molecule has 0 aliphatic heterocycles. The molecule has 0 aromatic heterocycles. The van der Waals surface area contributed by atoms with Gasteiger partial charge in [0.05, 0.1) is 21.2 Å². The lowest BCUT2D eigenvalue weighted by Crippen LogP contribution is -2.27. The summed E-state index contributed by atoms with van der Waals surface area (Å²) >= 11 is 6.31. The van der Waals surface area contributed by atoms with Crippen LogP contribution in [0.5, 0.6) is 0 Å². The monoisotopic (exact) mass is 442 g/mol. The molecule has 0 saturated heterocycles. The average molecular weight is 443 g/mol. The minimum Gasteiger partial charge on any atom is -0.348 e. The molecule has 5 nitrogen and oxygen atoms in total. The van der Waals surface area contributed by atoms with E-state index < -0.39 is 10.0 Å². The first-order chi connectivity index (χ1) is 14.2. The zero-order chi connectivity index (χ0) is 21.9. The number of halogens is 1. The first-order valence-corrected chi connectivity index (χ1v) is 11.2. The van der Waals surface area contributed by atoms with Crippen LogP contribution in [0.2, 0.25) is 5.02 Å². The Kier molecular flexibility index (Phi) is 6.48. The number of amides is 1. The third kappa shape index (κ3) is 4.83. The highest BCUT2D eigenvalue weighted by Crippen LogP contribution is 2.27. The Bertz CT molecular complexity index is 1160. The van der Waals surface area contributed by atoms with Crippen LogP contribution < -0.4 is 9.62 Å². The van der Waals surface area contributed by atoms with E-state index in [-0.39, 0.29) is 21.4 Å². The summed E-state index contributed by atoms with van der Waals surface area (Å²) in [5.41, 5.74) is 3.75. The Hall–Kier alpha value is -2.83. The van der Waals surface area contributed by atoms with Crippen molar-refractivity contribution in [2.75, 3.05) is 11.4 Å². The summed E-state index contributed by atoms with van der Waals surface area (Å²) in [5.74, 6) is -0.323. The van der Waals surface area contributed by atoms with Crippen LogP contribution in [0.15, 0.2) is 71.6 Å². The van der Waals surface area contributed by atoms with E-state index in [0.717, 1.165) is 21.0 Å². The van der Waals surface area contributed by atoms with E-state index >= 15 is 0 Å². The van der Waals surface area contributed by atoms with Crippen LogP contribution in [-0.4, -0.2) is 21.4 Å². The molecule has 0 bridgehead atoms. The number of sulfonamides is 1. The maximum atomic E-state index is 12.9. The van der Waals surface area contributed by atoms with E-state index in [2.05, 4.69) is 5.32 Å². The molecule has 7 heteroatoms. The van der Waals surface area contributed by atoms with Gasteiger partial charge in [-0.2, -0.15) is 0 Å². The van der Waals surface area contributed by atoms with E-state index in [1.165, 1.54) is 19.2 Å². The van der Waals surface area contributed by atoms with Gasteiger partial charge in [-0.1, -0.05) is 59.1 Å². The Morgan fingerprint density at radius 3 is 2.07 bits per heavy atom. The summed E-state index contributed by atoms with van der Waals surface area (Å²) in [6.07, 6.45) is 0. The molecule has 0 aliphatic carbocycles. The van der Waals surface area contributed by atoms with Gasteiger partial charge < -0.3 is 5.32 Å². The Morgan fingerprint density at radius 1 is 0.933 bits per heavy atom. The fourth-order valence-electron chi connectivity index (χ4n) is 2.87. The summed E-state index contributed by atoms with van der Waals surface area (Å²) in [7, 11) is -2.28. The van der Waals surface area contributed by atoms with Gasteiger partial charge in [-0.25, -0.2) is 8.42 Å². The second-order valence-electron chi connectivity index (χ2n) is 7.12. The van der Waals surface area contributed by atoms with Gasteiger partial charge in [0.1, 0.15) is 0 Å². The molecule has 0 saturated carbocycles. The molecule has 1 N–H and O–H groups in total. The van der Waals surface area contributed by atoms with Crippen LogP contribution in [0.3, 0.4) is 0 Å². The van der Waals surface area contributed by atoms with E-state index in [0.29, 0.717) is 12.2 Å². The summed E-state index contributed by atoms with van der Waals surface area (Å²) in [6.45, 7) is 4.27. The average Bonchev–Trinajstić information content (AvgIpc) is 2.72. The van der Waals surface area contributed by atoms with Gasteiger partial charge in [0.25, 0.3) is 15.9 Å². The zero-order valence-corrected chi connectivity index (χ0v) is 18.6. The Labute approximate surface area is 182 Å². The topological polar surface area (TPSA) is 66.5 Å². The second kappa shape index (κ2) is 8.90. The molecule has 0 heterocycles. The van der Waals surface area contributed by atoms with Crippen molar-refractivity contribution in [3.8, 4) is 0 Å². The van der Waals surface area contributed by atoms with Crippen LogP contribution in [-0.2, 0) is 16.6 Å². The fourth-order valence-corrected chi connectivity index (χ4v) is 4.32. The molecule has 30 heavy (non-hydrogen) atoms. The standard InChI is InChI=1S/C23H23ClN2O3S/c1-16-4-8-18(9-5-16)15-25-23(27)21-13-10-19(14-22(21)24)26(3)30(28,29)20-11-6-17(2)7-12-20/h4-14H,15H2,1-3H3,(H,25,27). The van der Waals surface area contributed by atoms with Crippen LogP contribution in [0.1, 0.15) is 27.0 Å². The lowest BCUT2D eigenvalue weighted by atomic mass is 10.1. The summed E-state index contributed by atoms with van der Waals surface area (Å²) < 4.78 is 26.9. The van der Waals surface area contributed by atoms with Crippen molar-refractivity contribution in [2.45, 2.75) is 25.3 Å². The van der Waals surface area contributed by atoms with Gasteiger partial charge in [-0.3, -0.25) is 9.10 Å².